The van der Waals surface area contributed by atoms with E-state index >= 15 is 0 Å². The highest BCUT2D eigenvalue weighted by atomic mass is 79.9. The van der Waals surface area contributed by atoms with Crippen molar-refractivity contribution in [2.24, 2.45) is 0 Å². The van der Waals surface area contributed by atoms with Crippen molar-refractivity contribution in [1.82, 2.24) is 0 Å². The number of unbranched alkanes of at least 4 members (excludes halogenated alkanes) is 7. The summed E-state index contributed by atoms with van der Waals surface area (Å²) >= 11 is 3.47. The summed E-state index contributed by atoms with van der Waals surface area (Å²) < 4.78 is 5.72. The average molecular weight is 435 g/mol. The van der Waals surface area contributed by atoms with Gasteiger partial charge in [-0.25, -0.2) is 0 Å². The number of ether oxygens (including phenoxy) is 1. The summed E-state index contributed by atoms with van der Waals surface area (Å²) in [5.74, 6) is 1.33. The molecule has 0 aliphatic carbocycles. The largest absolute Gasteiger partial charge is 0.508 e. The number of rotatable bonds is 11. The number of aromatic hydroxyl groups is 1. The second kappa shape index (κ2) is 15.6. The van der Waals surface area contributed by atoms with Crippen molar-refractivity contribution in [2.75, 3.05) is 11.9 Å². The van der Waals surface area contributed by atoms with Crippen molar-refractivity contribution in [1.29, 1.82) is 0 Å². The zero-order chi connectivity index (χ0) is 19.7. The van der Waals surface area contributed by atoms with Crippen molar-refractivity contribution in [3.05, 3.63) is 59.7 Å². The Morgan fingerprint density at radius 1 is 0.667 bits per heavy atom. The molecule has 2 aromatic rings. The van der Waals surface area contributed by atoms with Crippen LogP contribution in [0.25, 0.3) is 0 Å². The molecule has 2 aromatic carbocycles. The molecular weight excluding hydrogens is 400 g/mol. The molecule has 0 spiro atoms. The maximum absolute atomic E-state index is 8.76. The van der Waals surface area contributed by atoms with Gasteiger partial charge in [0.05, 0.1) is 6.61 Å². The van der Waals surface area contributed by atoms with Gasteiger partial charge < -0.3 is 9.84 Å². The van der Waals surface area contributed by atoms with E-state index in [1.54, 1.807) is 12.1 Å². The lowest BCUT2D eigenvalue weighted by atomic mass is 10.1. The van der Waals surface area contributed by atoms with Gasteiger partial charge in [-0.1, -0.05) is 89.8 Å². The Morgan fingerprint density at radius 3 is 1.59 bits per heavy atom. The van der Waals surface area contributed by atoms with Gasteiger partial charge in [-0.15, -0.1) is 0 Å². The molecule has 0 unspecified atom stereocenters. The van der Waals surface area contributed by atoms with Crippen molar-refractivity contribution in [2.45, 2.75) is 65.2 Å². The fraction of sp³-hybridized carbons (Fsp3) is 0.500. The number of phenolic OH excluding ortho intramolecular Hbond substituents is 1. The zero-order valence-electron chi connectivity index (χ0n) is 16.9. The van der Waals surface area contributed by atoms with E-state index in [4.69, 9.17) is 9.84 Å². The summed E-state index contributed by atoms with van der Waals surface area (Å²) in [5, 5.41) is 9.91. The lowest BCUT2D eigenvalue weighted by Gasteiger charge is -2.06. The second-order valence-corrected chi connectivity index (χ2v) is 7.81. The van der Waals surface area contributed by atoms with E-state index in [1.165, 1.54) is 62.5 Å². The van der Waals surface area contributed by atoms with Gasteiger partial charge >= 0.3 is 0 Å². The molecule has 27 heavy (non-hydrogen) atoms. The summed E-state index contributed by atoms with van der Waals surface area (Å²) in [6.45, 7) is 4.94. The van der Waals surface area contributed by atoms with Gasteiger partial charge in [-0.2, -0.15) is 0 Å². The standard InChI is InChI=1S/C17H27BrO.C7H8O/c1-16-10-12-17(13-11-16)19-15-9-7-5-3-2-4-6-8-14-18;1-6-2-4-7(8)5-3-6/h10-13H,2-9,14-15H2,1H3;2-5,8H,1H3. The van der Waals surface area contributed by atoms with E-state index in [-0.39, 0.29) is 0 Å². The van der Waals surface area contributed by atoms with E-state index < -0.39 is 0 Å². The fourth-order valence-corrected chi connectivity index (χ4v) is 3.02. The Bertz CT molecular complexity index is 557. The Morgan fingerprint density at radius 2 is 1.11 bits per heavy atom. The number of hydrogen-bond acceptors (Lipinski definition) is 2. The lowest BCUT2D eigenvalue weighted by molar-refractivity contribution is 0.304. The van der Waals surface area contributed by atoms with Crippen LogP contribution in [0.2, 0.25) is 0 Å². The molecule has 0 aliphatic heterocycles. The molecule has 0 heterocycles. The van der Waals surface area contributed by atoms with Crippen LogP contribution in [-0.2, 0) is 0 Å². The highest BCUT2D eigenvalue weighted by molar-refractivity contribution is 9.09. The third-order valence-electron chi connectivity index (χ3n) is 4.35. The molecule has 0 atom stereocenters. The predicted octanol–water partition coefficient (Wildman–Crippen LogP) is 7.59. The number of halogens is 1. The summed E-state index contributed by atoms with van der Waals surface area (Å²) in [5.41, 5.74) is 2.45. The molecule has 0 aromatic heterocycles. The van der Waals surface area contributed by atoms with Crippen LogP contribution >= 0.6 is 15.9 Å². The normalized spacial score (nSPS) is 10.2. The van der Waals surface area contributed by atoms with Gasteiger partial charge in [0.15, 0.2) is 0 Å². The van der Waals surface area contributed by atoms with Crippen LogP contribution in [0, 0.1) is 13.8 Å². The van der Waals surface area contributed by atoms with Gasteiger partial charge in [0, 0.05) is 5.33 Å². The minimum Gasteiger partial charge on any atom is -0.508 e. The Balaban J connectivity index is 0.000000377. The Kier molecular flexibility index (Phi) is 13.6. The molecule has 0 amide bonds. The molecule has 3 heteroatoms. The highest BCUT2D eigenvalue weighted by Crippen LogP contribution is 2.13. The summed E-state index contributed by atoms with van der Waals surface area (Å²) in [7, 11) is 0. The van der Waals surface area contributed by atoms with Gasteiger partial charge in [0.25, 0.3) is 0 Å². The van der Waals surface area contributed by atoms with Crippen molar-refractivity contribution >= 4 is 15.9 Å². The average Bonchev–Trinajstić information content (AvgIpc) is 2.67. The Labute approximate surface area is 174 Å². The SMILES string of the molecule is Cc1ccc(O)cc1.Cc1ccc(OCCCCCCCCCCBr)cc1. The molecule has 2 rings (SSSR count). The van der Waals surface area contributed by atoms with Crippen LogP contribution in [0.4, 0.5) is 0 Å². The molecule has 0 bridgehead atoms. The first-order valence-corrected chi connectivity index (χ1v) is 11.2. The summed E-state index contributed by atoms with van der Waals surface area (Å²) in [6.07, 6.45) is 10.7. The molecule has 0 saturated heterocycles. The first kappa shape index (κ1) is 23.6. The van der Waals surface area contributed by atoms with Crippen molar-refractivity contribution < 1.29 is 9.84 Å². The molecule has 2 nitrogen and oxygen atoms in total. The smallest absolute Gasteiger partial charge is 0.119 e. The van der Waals surface area contributed by atoms with Crippen LogP contribution in [0.1, 0.15) is 62.5 Å². The van der Waals surface area contributed by atoms with Crippen LogP contribution in [0.5, 0.6) is 11.5 Å². The van der Waals surface area contributed by atoms with Crippen LogP contribution in [-0.4, -0.2) is 17.0 Å². The first-order chi connectivity index (χ1) is 13.1. The third-order valence-corrected chi connectivity index (χ3v) is 4.91. The van der Waals surface area contributed by atoms with Crippen LogP contribution in [0.3, 0.4) is 0 Å². The topological polar surface area (TPSA) is 29.5 Å². The van der Waals surface area contributed by atoms with Crippen LogP contribution in [0.15, 0.2) is 48.5 Å². The Hall–Kier alpha value is -1.48. The minimum atomic E-state index is 0.329. The monoisotopic (exact) mass is 434 g/mol. The van der Waals surface area contributed by atoms with Gasteiger partial charge in [-0.3, -0.25) is 0 Å². The van der Waals surface area contributed by atoms with Gasteiger partial charge in [0.2, 0.25) is 0 Å². The molecule has 0 radical (unpaired) electrons. The fourth-order valence-electron chi connectivity index (χ4n) is 2.63. The van der Waals surface area contributed by atoms with E-state index in [0.717, 1.165) is 17.7 Å². The summed E-state index contributed by atoms with van der Waals surface area (Å²) in [6, 6.07) is 15.4. The molecule has 0 aliphatic rings. The van der Waals surface area contributed by atoms with E-state index in [2.05, 4.69) is 47.1 Å². The minimum absolute atomic E-state index is 0.329. The maximum atomic E-state index is 8.76. The van der Waals surface area contributed by atoms with Gasteiger partial charge in [-0.05, 0) is 51.0 Å². The van der Waals surface area contributed by atoms with E-state index in [9.17, 15) is 0 Å². The van der Waals surface area contributed by atoms with E-state index in [1.807, 2.05) is 19.1 Å². The molecule has 1 N–H and O–H groups in total. The molecule has 150 valence electrons. The first-order valence-electron chi connectivity index (χ1n) is 10.1. The molecular formula is C24H35BrO2. The van der Waals surface area contributed by atoms with Gasteiger partial charge in [0.1, 0.15) is 11.5 Å². The lowest BCUT2D eigenvalue weighted by Crippen LogP contribution is -1.97. The highest BCUT2D eigenvalue weighted by Gasteiger charge is 1.95. The number of phenols is 1. The number of alkyl halides is 1. The quantitative estimate of drug-likeness (QED) is 0.291. The molecule has 0 saturated carbocycles. The van der Waals surface area contributed by atoms with Crippen molar-refractivity contribution in [3.63, 3.8) is 0 Å². The number of benzene rings is 2. The maximum Gasteiger partial charge on any atom is 0.119 e. The second-order valence-electron chi connectivity index (χ2n) is 7.01. The summed E-state index contributed by atoms with van der Waals surface area (Å²) in [4.78, 5) is 0. The van der Waals surface area contributed by atoms with E-state index in [0.29, 0.717) is 5.75 Å². The predicted molar refractivity (Wildman–Crippen MR) is 120 cm³/mol. The van der Waals surface area contributed by atoms with Crippen LogP contribution < -0.4 is 4.74 Å². The zero-order valence-corrected chi connectivity index (χ0v) is 18.5. The molecule has 0 fully saturated rings. The third kappa shape index (κ3) is 13.4. The number of hydrogen-bond donors (Lipinski definition) is 1. The van der Waals surface area contributed by atoms with Crippen molar-refractivity contribution in [3.8, 4) is 11.5 Å². The number of aryl methyl sites for hydroxylation is 2.